The molecule has 1 aromatic carbocycles. The lowest BCUT2D eigenvalue weighted by molar-refractivity contribution is -0.118. The van der Waals surface area contributed by atoms with E-state index in [4.69, 9.17) is 4.42 Å². The largest absolute Gasteiger partial charge is 0.422 e. The predicted octanol–water partition coefficient (Wildman–Crippen LogP) is 2.74. The quantitative estimate of drug-likeness (QED) is 0.823. The summed E-state index contributed by atoms with van der Waals surface area (Å²) < 4.78 is 5.47. The van der Waals surface area contributed by atoms with Crippen LogP contribution in [0, 0.1) is 0 Å². The molecule has 0 bridgehead atoms. The van der Waals surface area contributed by atoms with Crippen LogP contribution < -0.4 is 5.43 Å². The van der Waals surface area contributed by atoms with E-state index in [2.05, 4.69) is 15.5 Å². The summed E-state index contributed by atoms with van der Waals surface area (Å²) in [5.74, 6) is 0.249. The van der Waals surface area contributed by atoms with Gasteiger partial charge in [0.15, 0.2) is 5.58 Å². The van der Waals surface area contributed by atoms with Gasteiger partial charge in [-0.25, -0.2) is 5.43 Å². The molecular formula is C13H13N3O2. The van der Waals surface area contributed by atoms with Crippen LogP contribution in [0.25, 0.3) is 11.1 Å². The summed E-state index contributed by atoms with van der Waals surface area (Å²) in [6.07, 6.45) is 2.85. The van der Waals surface area contributed by atoms with E-state index in [-0.39, 0.29) is 5.78 Å². The summed E-state index contributed by atoms with van der Waals surface area (Å²) in [5, 5.41) is 4.19. The number of hydrogen-bond acceptors (Lipinski definition) is 5. The summed E-state index contributed by atoms with van der Waals surface area (Å²) in [5.41, 5.74) is 5.17. The fraction of sp³-hybridized carbons (Fsp3) is 0.308. The zero-order valence-corrected chi connectivity index (χ0v) is 9.85. The molecule has 0 saturated heterocycles. The normalized spacial score (nSPS) is 18.4. The number of para-hydroxylation sites is 2. The summed E-state index contributed by atoms with van der Waals surface area (Å²) in [4.78, 5) is 15.5. The van der Waals surface area contributed by atoms with Crippen molar-refractivity contribution < 1.29 is 9.21 Å². The standard InChI is InChI=1S/C13H13N3O2/c17-10-5-3-4-9(8-10)15-16-13-14-11-6-1-2-7-12(11)18-13/h1-2,6-7H,3-5,8H2,(H,14,16)/b15-9+. The van der Waals surface area contributed by atoms with Crippen LogP contribution in [0.5, 0.6) is 0 Å². The minimum Gasteiger partial charge on any atom is -0.422 e. The van der Waals surface area contributed by atoms with E-state index in [1.54, 1.807) is 0 Å². The molecule has 0 unspecified atom stereocenters. The highest BCUT2D eigenvalue weighted by molar-refractivity contribution is 6.04. The van der Waals surface area contributed by atoms with Gasteiger partial charge >= 0.3 is 6.01 Å². The molecule has 0 spiro atoms. The van der Waals surface area contributed by atoms with Gasteiger partial charge in [-0.05, 0) is 25.0 Å². The van der Waals surface area contributed by atoms with Crippen LogP contribution in [0.3, 0.4) is 0 Å². The maximum Gasteiger partial charge on any atom is 0.316 e. The monoisotopic (exact) mass is 243 g/mol. The Kier molecular flexibility index (Phi) is 2.80. The average Bonchev–Trinajstić information content (AvgIpc) is 2.79. The van der Waals surface area contributed by atoms with Crippen LogP contribution in [-0.4, -0.2) is 16.5 Å². The number of aromatic nitrogens is 1. The zero-order chi connectivity index (χ0) is 12.4. The SMILES string of the molecule is O=C1CCC/C(=N\Nc2nc3ccccc3o2)C1. The smallest absolute Gasteiger partial charge is 0.316 e. The van der Waals surface area contributed by atoms with Crippen molar-refractivity contribution in [1.82, 2.24) is 4.98 Å². The highest BCUT2D eigenvalue weighted by Gasteiger charge is 2.14. The minimum absolute atomic E-state index is 0.249. The Balaban J connectivity index is 1.76. The first kappa shape index (κ1) is 11.0. The number of carbonyl (C=O) groups is 1. The number of nitrogens with zero attached hydrogens (tertiary/aromatic N) is 2. The molecule has 5 nitrogen and oxygen atoms in total. The third kappa shape index (κ3) is 2.25. The lowest BCUT2D eigenvalue weighted by Gasteiger charge is -2.10. The zero-order valence-electron chi connectivity index (χ0n) is 9.85. The van der Waals surface area contributed by atoms with Gasteiger partial charge in [-0.3, -0.25) is 4.79 Å². The number of ketones is 1. The number of hydrogen-bond donors (Lipinski definition) is 1. The van der Waals surface area contributed by atoms with E-state index in [0.29, 0.717) is 18.9 Å². The fourth-order valence-electron chi connectivity index (χ4n) is 2.04. The topological polar surface area (TPSA) is 67.5 Å². The second-order valence-electron chi connectivity index (χ2n) is 4.35. The van der Waals surface area contributed by atoms with E-state index < -0.39 is 0 Å². The number of fused-ring (bicyclic) bond motifs is 1. The second-order valence-corrected chi connectivity index (χ2v) is 4.35. The van der Waals surface area contributed by atoms with Crippen molar-refractivity contribution in [3.63, 3.8) is 0 Å². The van der Waals surface area contributed by atoms with Gasteiger partial charge in [0, 0.05) is 18.6 Å². The van der Waals surface area contributed by atoms with Crippen LogP contribution in [0.15, 0.2) is 33.8 Å². The molecule has 1 N–H and O–H groups in total. The molecule has 18 heavy (non-hydrogen) atoms. The Bertz CT molecular complexity index is 582. The highest BCUT2D eigenvalue weighted by Crippen LogP contribution is 2.18. The van der Waals surface area contributed by atoms with E-state index in [9.17, 15) is 4.79 Å². The molecule has 1 saturated carbocycles. The molecule has 5 heteroatoms. The third-order valence-corrected chi connectivity index (χ3v) is 2.93. The molecule has 1 fully saturated rings. The van der Waals surface area contributed by atoms with Gasteiger partial charge in [0.25, 0.3) is 0 Å². The first-order chi connectivity index (χ1) is 8.81. The van der Waals surface area contributed by atoms with Crippen molar-refractivity contribution in [1.29, 1.82) is 0 Å². The molecule has 1 aliphatic carbocycles. The number of Topliss-reactive ketones (excluding diaryl/α,β-unsaturated/α-hetero) is 1. The number of benzene rings is 1. The Labute approximate surface area is 104 Å². The van der Waals surface area contributed by atoms with Gasteiger partial charge in [0.2, 0.25) is 0 Å². The van der Waals surface area contributed by atoms with Crippen LogP contribution in [0.1, 0.15) is 25.7 Å². The van der Waals surface area contributed by atoms with Gasteiger partial charge in [-0.1, -0.05) is 12.1 Å². The van der Waals surface area contributed by atoms with Crippen LogP contribution >= 0.6 is 0 Å². The van der Waals surface area contributed by atoms with E-state index in [1.807, 2.05) is 24.3 Å². The first-order valence-electron chi connectivity index (χ1n) is 6.00. The van der Waals surface area contributed by atoms with Crippen molar-refractivity contribution in [3.05, 3.63) is 24.3 Å². The van der Waals surface area contributed by atoms with E-state index >= 15 is 0 Å². The lowest BCUT2D eigenvalue weighted by atomic mass is 9.97. The molecule has 0 atom stereocenters. The van der Waals surface area contributed by atoms with Crippen molar-refractivity contribution in [2.75, 3.05) is 5.43 Å². The third-order valence-electron chi connectivity index (χ3n) is 2.93. The van der Waals surface area contributed by atoms with Crippen LogP contribution in [0.4, 0.5) is 6.01 Å². The highest BCUT2D eigenvalue weighted by atomic mass is 16.4. The Morgan fingerprint density at radius 1 is 1.28 bits per heavy atom. The Morgan fingerprint density at radius 2 is 2.17 bits per heavy atom. The predicted molar refractivity (Wildman–Crippen MR) is 68.5 cm³/mol. The second kappa shape index (κ2) is 4.60. The van der Waals surface area contributed by atoms with E-state index in [1.165, 1.54) is 0 Å². The molecule has 1 aliphatic rings. The Morgan fingerprint density at radius 3 is 3.00 bits per heavy atom. The molecule has 0 aliphatic heterocycles. The number of hydrazone groups is 1. The number of carbonyl (C=O) groups excluding carboxylic acids is 1. The van der Waals surface area contributed by atoms with Crippen molar-refractivity contribution in [2.45, 2.75) is 25.7 Å². The summed E-state index contributed by atoms with van der Waals surface area (Å²) in [6.45, 7) is 0. The minimum atomic E-state index is 0.249. The van der Waals surface area contributed by atoms with Crippen molar-refractivity contribution in [3.8, 4) is 0 Å². The summed E-state index contributed by atoms with van der Waals surface area (Å²) in [6, 6.07) is 7.89. The maximum atomic E-state index is 11.3. The molecule has 0 radical (unpaired) electrons. The number of anilines is 1. The number of nitrogens with one attached hydrogen (secondary N) is 1. The van der Waals surface area contributed by atoms with Gasteiger partial charge in [-0.15, -0.1) is 0 Å². The molecular weight excluding hydrogens is 230 g/mol. The average molecular weight is 243 g/mol. The molecule has 2 aromatic rings. The molecule has 92 valence electrons. The molecule has 3 rings (SSSR count). The summed E-state index contributed by atoms with van der Waals surface area (Å²) >= 11 is 0. The van der Waals surface area contributed by atoms with Gasteiger partial charge in [0.05, 0.1) is 0 Å². The number of oxazole rings is 1. The number of rotatable bonds is 2. The first-order valence-corrected chi connectivity index (χ1v) is 6.00. The molecule has 1 aromatic heterocycles. The van der Waals surface area contributed by atoms with Gasteiger partial charge < -0.3 is 4.42 Å². The summed E-state index contributed by atoms with van der Waals surface area (Å²) in [7, 11) is 0. The van der Waals surface area contributed by atoms with Crippen molar-refractivity contribution in [2.24, 2.45) is 5.10 Å². The van der Waals surface area contributed by atoms with Crippen molar-refractivity contribution >= 4 is 28.6 Å². The maximum absolute atomic E-state index is 11.3. The molecule has 0 amide bonds. The fourth-order valence-corrected chi connectivity index (χ4v) is 2.04. The Hall–Kier alpha value is -2.17. The van der Waals surface area contributed by atoms with Crippen LogP contribution in [-0.2, 0) is 4.79 Å². The van der Waals surface area contributed by atoms with Crippen LogP contribution in [0.2, 0.25) is 0 Å². The van der Waals surface area contributed by atoms with Gasteiger partial charge in [0.1, 0.15) is 11.3 Å². The van der Waals surface area contributed by atoms with E-state index in [0.717, 1.165) is 29.7 Å². The van der Waals surface area contributed by atoms with Gasteiger partial charge in [-0.2, -0.15) is 10.1 Å². The molecule has 1 heterocycles. The lowest BCUT2D eigenvalue weighted by Crippen LogP contribution is -2.15.